The summed E-state index contributed by atoms with van der Waals surface area (Å²) in [6, 6.07) is 7.27. The molecule has 1 aromatic carbocycles. The van der Waals surface area contributed by atoms with Gasteiger partial charge in [-0.2, -0.15) is 11.8 Å². The molecule has 15 heavy (non-hydrogen) atoms. The number of benzene rings is 1. The topological polar surface area (TPSA) is 49.3 Å². The number of hydrogen-bond donors (Lipinski definition) is 2. The normalized spacial score (nSPS) is 12.2. The highest BCUT2D eigenvalue weighted by Crippen LogP contribution is 2.22. The molecule has 0 aliphatic heterocycles. The molecule has 0 saturated carbocycles. The minimum atomic E-state index is -0.573. The van der Waals surface area contributed by atoms with Crippen molar-refractivity contribution in [1.82, 2.24) is 0 Å². The number of para-hydroxylation sites is 1. The van der Waals surface area contributed by atoms with Crippen molar-refractivity contribution in [3.63, 3.8) is 0 Å². The number of carbonyl (C=O) groups excluding carboxylic acids is 1. The van der Waals surface area contributed by atoms with E-state index < -0.39 is 6.10 Å². The Bertz CT molecular complexity index is 339. The second-order valence-corrected chi connectivity index (χ2v) is 4.11. The van der Waals surface area contributed by atoms with Crippen LogP contribution in [0, 0.1) is 0 Å². The fraction of sp³-hybridized carbons (Fsp3) is 0.364. The first-order valence-electron chi connectivity index (χ1n) is 4.71. The van der Waals surface area contributed by atoms with Gasteiger partial charge in [0.1, 0.15) is 0 Å². The van der Waals surface area contributed by atoms with Crippen LogP contribution in [-0.4, -0.2) is 23.0 Å². The fourth-order valence-electron chi connectivity index (χ4n) is 1.29. The quantitative estimate of drug-likeness (QED) is 0.824. The third kappa shape index (κ3) is 3.57. The summed E-state index contributed by atoms with van der Waals surface area (Å²) < 4.78 is 0. The number of carbonyl (C=O) groups is 1. The monoisotopic (exact) mass is 225 g/mol. The molecule has 0 aliphatic carbocycles. The van der Waals surface area contributed by atoms with Gasteiger partial charge in [-0.1, -0.05) is 18.2 Å². The Balaban J connectivity index is 2.80. The largest absolute Gasteiger partial charge is 0.389 e. The Hall–Kier alpha value is -1.00. The van der Waals surface area contributed by atoms with Gasteiger partial charge in [-0.05, 0) is 19.2 Å². The number of anilines is 1. The summed E-state index contributed by atoms with van der Waals surface area (Å²) in [7, 11) is 0. The van der Waals surface area contributed by atoms with Crippen LogP contribution in [0.5, 0.6) is 0 Å². The zero-order valence-corrected chi connectivity index (χ0v) is 9.67. The van der Waals surface area contributed by atoms with Gasteiger partial charge in [0.15, 0.2) is 0 Å². The standard InChI is InChI=1S/C11H15NO2S/c1-8(13)9-5-3-4-6-10(9)12-11(14)7-15-2/h3-6,8,13H,7H2,1-2H3,(H,12,14). The molecule has 1 atom stereocenters. The lowest BCUT2D eigenvalue weighted by Crippen LogP contribution is -2.15. The average Bonchev–Trinajstić information content (AvgIpc) is 2.18. The van der Waals surface area contributed by atoms with Crippen molar-refractivity contribution < 1.29 is 9.90 Å². The minimum Gasteiger partial charge on any atom is -0.389 e. The van der Waals surface area contributed by atoms with Crippen molar-refractivity contribution in [3.05, 3.63) is 29.8 Å². The summed E-state index contributed by atoms with van der Waals surface area (Å²) in [6.07, 6.45) is 1.30. The molecule has 3 nitrogen and oxygen atoms in total. The van der Waals surface area contributed by atoms with Gasteiger partial charge in [0.25, 0.3) is 0 Å². The van der Waals surface area contributed by atoms with Crippen LogP contribution < -0.4 is 5.32 Å². The number of thioether (sulfide) groups is 1. The van der Waals surface area contributed by atoms with E-state index in [1.165, 1.54) is 11.8 Å². The first-order chi connectivity index (χ1) is 7.15. The highest BCUT2D eigenvalue weighted by atomic mass is 32.2. The van der Waals surface area contributed by atoms with Crippen LogP contribution in [-0.2, 0) is 4.79 Å². The van der Waals surface area contributed by atoms with Crippen molar-refractivity contribution in [2.45, 2.75) is 13.0 Å². The van der Waals surface area contributed by atoms with E-state index in [4.69, 9.17) is 0 Å². The second kappa shape index (κ2) is 5.78. The molecule has 0 aromatic heterocycles. The van der Waals surface area contributed by atoms with Crippen molar-refractivity contribution >= 4 is 23.4 Å². The molecule has 1 rings (SSSR count). The Morgan fingerprint density at radius 2 is 2.20 bits per heavy atom. The molecule has 1 aromatic rings. The van der Waals surface area contributed by atoms with Crippen molar-refractivity contribution in [1.29, 1.82) is 0 Å². The Morgan fingerprint density at radius 3 is 2.80 bits per heavy atom. The van der Waals surface area contributed by atoms with E-state index in [1.54, 1.807) is 19.1 Å². The van der Waals surface area contributed by atoms with E-state index in [9.17, 15) is 9.90 Å². The molecule has 0 heterocycles. The van der Waals surface area contributed by atoms with E-state index >= 15 is 0 Å². The Kier molecular flexibility index (Phi) is 4.65. The van der Waals surface area contributed by atoms with Crippen LogP contribution in [0.3, 0.4) is 0 Å². The number of aliphatic hydroxyl groups excluding tert-OH is 1. The number of amides is 1. The maximum atomic E-state index is 11.4. The lowest BCUT2D eigenvalue weighted by atomic mass is 10.1. The zero-order valence-electron chi connectivity index (χ0n) is 8.86. The van der Waals surface area contributed by atoms with E-state index in [2.05, 4.69) is 5.32 Å². The summed E-state index contributed by atoms with van der Waals surface area (Å²) in [5, 5.41) is 12.3. The summed E-state index contributed by atoms with van der Waals surface area (Å²) in [4.78, 5) is 11.4. The molecule has 0 bridgehead atoms. The molecule has 1 amide bonds. The lowest BCUT2D eigenvalue weighted by molar-refractivity contribution is -0.113. The van der Waals surface area contributed by atoms with Gasteiger partial charge in [-0.3, -0.25) is 4.79 Å². The van der Waals surface area contributed by atoms with E-state index in [0.29, 0.717) is 11.4 Å². The average molecular weight is 225 g/mol. The summed E-state index contributed by atoms with van der Waals surface area (Å²) in [5.41, 5.74) is 1.43. The van der Waals surface area contributed by atoms with E-state index in [0.717, 1.165) is 5.56 Å². The van der Waals surface area contributed by atoms with Crippen LogP contribution in [0.2, 0.25) is 0 Å². The van der Waals surface area contributed by atoms with Crippen molar-refractivity contribution in [2.75, 3.05) is 17.3 Å². The molecule has 0 radical (unpaired) electrons. The molecule has 82 valence electrons. The first-order valence-corrected chi connectivity index (χ1v) is 6.10. The third-order valence-electron chi connectivity index (χ3n) is 1.96. The molecule has 2 N–H and O–H groups in total. The minimum absolute atomic E-state index is 0.0457. The summed E-state index contributed by atoms with van der Waals surface area (Å²) in [5.74, 6) is 0.379. The van der Waals surface area contributed by atoms with Gasteiger partial charge in [-0.15, -0.1) is 0 Å². The fourth-order valence-corrected chi connectivity index (χ4v) is 1.63. The van der Waals surface area contributed by atoms with Crippen molar-refractivity contribution in [3.8, 4) is 0 Å². The number of rotatable bonds is 4. The van der Waals surface area contributed by atoms with Gasteiger partial charge in [0, 0.05) is 11.3 Å². The van der Waals surface area contributed by atoms with Gasteiger partial charge < -0.3 is 10.4 Å². The summed E-state index contributed by atoms with van der Waals surface area (Å²) >= 11 is 1.47. The molecule has 0 aliphatic rings. The number of nitrogens with one attached hydrogen (secondary N) is 1. The number of hydrogen-bond acceptors (Lipinski definition) is 3. The van der Waals surface area contributed by atoms with E-state index in [1.807, 2.05) is 18.4 Å². The van der Waals surface area contributed by atoms with Gasteiger partial charge in [0.2, 0.25) is 5.91 Å². The maximum absolute atomic E-state index is 11.4. The predicted molar refractivity (Wildman–Crippen MR) is 64.1 cm³/mol. The Morgan fingerprint density at radius 1 is 1.53 bits per heavy atom. The molecule has 4 heteroatoms. The summed E-state index contributed by atoms with van der Waals surface area (Å²) in [6.45, 7) is 1.68. The van der Waals surface area contributed by atoms with Crippen molar-refractivity contribution in [2.24, 2.45) is 0 Å². The zero-order chi connectivity index (χ0) is 11.3. The first kappa shape index (κ1) is 12.1. The third-order valence-corrected chi connectivity index (χ3v) is 2.51. The molecular weight excluding hydrogens is 210 g/mol. The number of aliphatic hydroxyl groups is 1. The molecule has 1 unspecified atom stereocenters. The van der Waals surface area contributed by atoms with E-state index in [-0.39, 0.29) is 5.91 Å². The SMILES string of the molecule is CSCC(=O)Nc1ccccc1C(C)O. The molecule has 0 saturated heterocycles. The van der Waals surface area contributed by atoms with Crippen LogP contribution in [0.1, 0.15) is 18.6 Å². The Labute approximate surface area is 93.9 Å². The predicted octanol–water partition coefficient (Wildman–Crippen LogP) is 2.04. The maximum Gasteiger partial charge on any atom is 0.234 e. The van der Waals surface area contributed by atoms with Crippen LogP contribution in [0.25, 0.3) is 0 Å². The lowest BCUT2D eigenvalue weighted by Gasteiger charge is -2.12. The van der Waals surface area contributed by atoms with Gasteiger partial charge in [0.05, 0.1) is 11.9 Å². The van der Waals surface area contributed by atoms with Crippen LogP contribution in [0.15, 0.2) is 24.3 Å². The molecule has 0 fully saturated rings. The molecule has 0 spiro atoms. The van der Waals surface area contributed by atoms with Gasteiger partial charge >= 0.3 is 0 Å². The highest BCUT2D eigenvalue weighted by molar-refractivity contribution is 7.99. The van der Waals surface area contributed by atoms with Crippen LogP contribution in [0.4, 0.5) is 5.69 Å². The second-order valence-electron chi connectivity index (χ2n) is 3.24. The molecular formula is C11H15NO2S. The highest BCUT2D eigenvalue weighted by Gasteiger charge is 2.09. The van der Waals surface area contributed by atoms with Crippen LogP contribution >= 0.6 is 11.8 Å². The van der Waals surface area contributed by atoms with Gasteiger partial charge in [-0.25, -0.2) is 0 Å². The smallest absolute Gasteiger partial charge is 0.234 e.